The van der Waals surface area contributed by atoms with Gasteiger partial charge >= 0.3 is 0 Å². The molecule has 0 saturated heterocycles. The molecule has 2 amide bonds. The summed E-state index contributed by atoms with van der Waals surface area (Å²) in [5.41, 5.74) is 1.59. The van der Waals surface area contributed by atoms with E-state index >= 15 is 0 Å². The van der Waals surface area contributed by atoms with Gasteiger partial charge in [0.2, 0.25) is 0 Å². The summed E-state index contributed by atoms with van der Waals surface area (Å²) in [6.45, 7) is 2.43. The second-order valence-electron chi connectivity index (χ2n) is 4.52. The van der Waals surface area contributed by atoms with Gasteiger partial charge in [0.1, 0.15) is 0 Å². The Morgan fingerprint density at radius 3 is 2.41 bits per heavy atom. The second-order valence-corrected chi connectivity index (χ2v) is 5.81. The summed E-state index contributed by atoms with van der Waals surface area (Å²) >= 11 is 9.22. The van der Waals surface area contributed by atoms with Crippen LogP contribution in [0.2, 0.25) is 5.02 Å². The van der Waals surface area contributed by atoms with Crippen molar-refractivity contribution in [3.05, 3.63) is 63.1 Å². The molecule has 0 atom stereocenters. The molecule has 0 saturated carbocycles. The van der Waals surface area contributed by atoms with Gasteiger partial charge < -0.3 is 10.6 Å². The summed E-state index contributed by atoms with van der Waals surface area (Å²) in [4.78, 5) is 23.9. The molecule has 0 aliphatic rings. The van der Waals surface area contributed by atoms with Gasteiger partial charge in [0.05, 0.1) is 5.56 Å². The largest absolute Gasteiger partial charge is 0.352 e. The number of hydrogen-bond acceptors (Lipinski definition) is 2. The maximum Gasteiger partial charge on any atom is 0.256 e. The highest BCUT2D eigenvalue weighted by atomic mass is 79.9. The van der Waals surface area contributed by atoms with Crippen molar-refractivity contribution in [3.8, 4) is 0 Å². The molecule has 22 heavy (non-hydrogen) atoms. The van der Waals surface area contributed by atoms with E-state index in [1.54, 1.807) is 42.5 Å². The lowest BCUT2D eigenvalue weighted by atomic mass is 10.1. The minimum Gasteiger partial charge on any atom is -0.352 e. The minimum absolute atomic E-state index is 0.141. The van der Waals surface area contributed by atoms with Gasteiger partial charge in [-0.15, -0.1) is 0 Å². The Kier molecular flexibility index (Phi) is 5.57. The first-order valence-electron chi connectivity index (χ1n) is 6.66. The quantitative estimate of drug-likeness (QED) is 0.837. The monoisotopic (exact) mass is 380 g/mol. The standard InChI is InChI=1S/C16H14BrClN2O2/c1-2-19-15(21)10-3-6-12(7-4-10)20-16(22)13-9-11(18)5-8-14(13)17/h3-9H,2H2,1H3,(H,19,21)(H,20,22). The van der Waals surface area contributed by atoms with Crippen molar-refractivity contribution < 1.29 is 9.59 Å². The van der Waals surface area contributed by atoms with Gasteiger partial charge in [-0.1, -0.05) is 11.6 Å². The molecule has 0 unspecified atom stereocenters. The highest BCUT2D eigenvalue weighted by Gasteiger charge is 2.11. The van der Waals surface area contributed by atoms with E-state index < -0.39 is 0 Å². The van der Waals surface area contributed by atoms with Crippen LogP contribution >= 0.6 is 27.5 Å². The molecule has 2 aromatic carbocycles. The van der Waals surface area contributed by atoms with Gasteiger partial charge in [-0.05, 0) is 65.3 Å². The number of halogens is 2. The molecule has 2 aromatic rings. The fourth-order valence-corrected chi connectivity index (χ4v) is 2.44. The molecule has 0 heterocycles. The van der Waals surface area contributed by atoms with E-state index in [0.29, 0.717) is 32.9 Å². The number of anilines is 1. The predicted molar refractivity (Wildman–Crippen MR) is 91.6 cm³/mol. The van der Waals surface area contributed by atoms with Crippen LogP contribution in [-0.4, -0.2) is 18.4 Å². The van der Waals surface area contributed by atoms with Gasteiger partial charge in [-0.2, -0.15) is 0 Å². The number of benzene rings is 2. The molecule has 0 spiro atoms. The zero-order valence-electron chi connectivity index (χ0n) is 11.8. The third-order valence-electron chi connectivity index (χ3n) is 2.92. The second kappa shape index (κ2) is 7.42. The smallest absolute Gasteiger partial charge is 0.256 e. The Hall–Kier alpha value is -1.85. The van der Waals surface area contributed by atoms with Crippen molar-refractivity contribution in [2.75, 3.05) is 11.9 Å². The Labute approximate surface area is 142 Å². The van der Waals surface area contributed by atoms with E-state index in [2.05, 4.69) is 26.6 Å². The van der Waals surface area contributed by atoms with Crippen LogP contribution < -0.4 is 10.6 Å². The average molecular weight is 382 g/mol. The van der Waals surface area contributed by atoms with Gasteiger partial charge in [0, 0.05) is 27.3 Å². The number of hydrogen-bond donors (Lipinski definition) is 2. The van der Waals surface area contributed by atoms with Crippen LogP contribution in [0.3, 0.4) is 0 Å². The van der Waals surface area contributed by atoms with Crippen molar-refractivity contribution in [3.63, 3.8) is 0 Å². The Morgan fingerprint density at radius 2 is 1.77 bits per heavy atom. The van der Waals surface area contributed by atoms with E-state index in [9.17, 15) is 9.59 Å². The molecule has 0 aliphatic heterocycles. The SMILES string of the molecule is CCNC(=O)c1ccc(NC(=O)c2cc(Cl)ccc2Br)cc1. The molecular weight excluding hydrogens is 368 g/mol. The lowest BCUT2D eigenvalue weighted by Crippen LogP contribution is -2.22. The molecule has 2 N–H and O–H groups in total. The van der Waals surface area contributed by atoms with Crippen molar-refractivity contribution >= 4 is 45.0 Å². The molecule has 6 heteroatoms. The third-order valence-corrected chi connectivity index (χ3v) is 3.84. The summed E-state index contributed by atoms with van der Waals surface area (Å²) in [5.74, 6) is -0.418. The summed E-state index contributed by atoms with van der Waals surface area (Å²) in [6.07, 6.45) is 0. The lowest BCUT2D eigenvalue weighted by Gasteiger charge is -2.08. The van der Waals surface area contributed by atoms with E-state index in [0.717, 1.165) is 0 Å². The summed E-state index contributed by atoms with van der Waals surface area (Å²) in [6, 6.07) is 11.7. The number of carbonyl (C=O) groups is 2. The molecule has 0 fully saturated rings. The van der Waals surface area contributed by atoms with Crippen LogP contribution in [0.1, 0.15) is 27.6 Å². The van der Waals surface area contributed by atoms with Gasteiger partial charge in [-0.25, -0.2) is 0 Å². The normalized spacial score (nSPS) is 10.1. The van der Waals surface area contributed by atoms with E-state index in [1.807, 2.05) is 6.92 Å². The zero-order chi connectivity index (χ0) is 16.1. The first-order valence-corrected chi connectivity index (χ1v) is 7.83. The van der Waals surface area contributed by atoms with Crippen molar-refractivity contribution in [2.45, 2.75) is 6.92 Å². The molecule has 0 bridgehead atoms. The van der Waals surface area contributed by atoms with Crippen LogP contribution in [0.4, 0.5) is 5.69 Å². The average Bonchev–Trinajstić information content (AvgIpc) is 2.50. The Morgan fingerprint density at radius 1 is 1.09 bits per heavy atom. The lowest BCUT2D eigenvalue weighted by molar-refractivity contribution is 0.0955. The molecule has 0 aliphatic carbocycles. The first-order chi connectivity index (χ1) is 10.5. The number of amides is 2. The van der Waals surface area contributed by atoms with Crippen molar-refractivity contribution in [1.82, 2.24) is 5.32 Å². The Balaban J connectivity index is 2.12. The summed E-state index contributed by atoms with van der Waals surface area (Å²) < 4.78 is 0.661. The molecule has 2 rings (SSSR count). The van der Waals surface area contributed by atoms with E-state index in [4.69, 9.17) is 11.6 Å². The van der Waals surface area contributed by atoms with Crippen LogP contribution in [-0.2, 0) is 0 Å². The number of nitrogens with one attached hydrogen (secondary N) is 2. The van der Waals surface area contributed by atoms with Gasteiger partial charge in [0.25, 0.3) is 11.8 Å². The molecule has 0 aromatic heterocycles. The van der Waals surface area contributed by atoms with Crippen LogP contribution in [0, 0.1) is 0 Å². The fourth-order valence-electron chi connectivity index (χ4n) is 1.84. The zero-order valence-corrected chi connectivity index (χ0v) is 14.2. The highest BCUT2D eigenvalue weighted by Crippen LogP contribution is 2.22. The number of rotatable bonds is 4. The molecule has 4 nitrogen and oxygen atoms in total. The topological polar surface area (TPSA) is 58.2 Å². The molecule has 114 valence electrons. The van der Waals surface area contributed by atoms with Crippen molar-refractivity contribution in [1.29, 1.82) is 0 Å². The molecule has 0 radical (unpaired) electrons. The number of carbonyl (C=O) groups excluding carboxylic acids is 2. The van der Waals surface area contributed by atoms with Crippen LogP contribution in [0.5, 0.6) is 0 Å². The molecular formula is C16H14BrClN2O2. The van der Waals surface area contributed by atoms with E-state index in [-0.39, 0.29) is 11.8 Å². The third kappa shape index (κ3) is 4.08. The highest BCUT2D eigenvalue weighted by molar-refractivity contribution is 9.10. The van der Waals surface area contributed by atoms with Crippen LogP contribution in [0.25, 0.3) is 0 Å². The maximum atomic E-state index is 12.2. The van der Waals surface area contributed by atoms with E-state index in [1.165, 1.54) is 0 Å². The summed E-state index contributed by atoms with van der Waals surface area (Å²) in [7, 11) is 0. The van der Waals surface area contributed by atoms with Gasteiger partial charge in [0.15, 0.2) is 0 Å². The maximum absolute atomic E-state index is 12.2. The first kappa shape index (κ1) is 16.5. The summed E-state index contributed by atoms with van der Waals surface area (Å²) in [5, 5.41) is 5.97. The van der Waals surface area contributed by atoms with Crippen LogP contribution in [0.15, 0.2) is 46.9 Å². The minimum atomic E-state index is -0.278. The van der Waals surface area contributed by atoms with Gasteiger partial charge in [-0.3, -0.25) is 9.59 Å². The Bertz CT molecular complexity index is 702. The fraction of sp³-hybridized carbons (Fsp3) is 0.125. The van der Waals surface area contributed by atoms with Crippen molar-refractivity contribution in [2.24, 2.45) is 0 Å². The predicted octanol–water partition coefficient (Wildman–Crippen LogP) is 4.10.